The molecule has 1 aliphatic carbocycles. The number of allylic oxidation sites excluding steroid dienone is 2. The van der Waals surface area contributed by atoms with Crippen molar-refractivity contribution in [3.05, 3.63) is 103 Å². The second-order valence-electron chi connectivity index (χ2n) is 6.75. The summed E-state index contributed by atoms with van der Waals surface area (Å²) in [5.74, 6) is 2.18. The molecule has 4 N–H and O–H groups in total. The maximum atomic E-state index is 6.41. The van der Waals surface area contributed by atoms with Crippen molar-refractivity contribution in [2.45, 2.75) is 12.0 Å². The highest BCUT2D eigenvalue weighted by Gasteiger charge is 2.32. The lowest BCUT2D eigenvalue weighted by molar-refractivity contribution is 0.121. The SMILES string of the molecule is Nc1cccc(Oc2ccc(C3(Oc4cccc(N)c4)C=CC=CC3)cc2)c1. The third-order valence-corrected chi connectivity index (χ3v) is 4.63. The van der Waals surface area contributed by atoms with Gasteiger partial charge < -0.3 is 20.9 Å². The minimum atomic E-state index is -0.585. The molecule has 28 heavy (non-hydrogen) atoms. The van der Waals surface area contributed by atoms with Crippen molar-refractivity contribution in [3.8, 4) is 17.2 Å². The van der Waals surface area contributed by atoms with Gasteiger partial charge in [0.05, 0.1) is 0 Å². The normalized spacial score (nSPS) is 18.0. The van der Waals surface area contributed by atoms with Crippen molar-refractivity contribution in [2.24, 2.45) is 0 Å². The minimum Gasteiger partial charge on any atom is -0.478 e. The predicted molar refractivity (Wildman–Crippen MR) is 113 cm³/mol. The highest BCUT2D eigenvalue weighted by molar-refractivity contribution is 5.47. The molecule has 1 unspecified atom stereocenters. The maximum absolute atomic E-state index is 6.41. The molecule has 0 heterocycles. The summed E-state index contributed by atoms with van der Waals surface area (Å²) in [5, 5.41) is 0. The summed E-state index contributed by atoms with van der Waals surface area (Å²) >= 11 is 0. The zero-order chi connectivity index (χ0) is 19.4. The van der Waals surface area contributed by atoms with E-state index in [1.807, 2.05) is 78.9 Å². The fourth-order valence-corrected chi connectivity index (χ4v) is 3.26. The molecule has 4 nitrogen and oxygen atoms in total. The van der Waals surface area contributed by atoms with Gasteiger partial charge in [-0.15, -0.1) is 0 Å². The standard InChI is InChI=1S/C24H22N2O2/c25-19-6-4-8-22(16-19)27-21-12-10-18(11-13-21)24(14-2-1-3-15-24)28-23-9-5-7-20(26)17-23/h1-14,16-17H,15,25-26H2. The van der Waals surface area contributed by atoms with E-state index in [1.54, 1.807) is 6.07 Å². The summed E-state index contributed by atoms with van der Waals surface area (Å²) in [4.78, 5) is 0. The molecule has 0 aromatic heterocycles. The van der Waals surface area contributed by atoms with Gasteiger partial charge in [0.25, 0.3) is 0 Å². The van der Waals surface area contributed by atoms with Crippen LogP contribution >= 0.6 is 0 Å². The first-order valence-corrected chi connectivity index (χ1v) is 9.16. The van der Waals surface area contributed by atoms with Crippen molar-refractivity contribution >= 4 is 11.4 Å². The highest BCUT2D eigenvalue weighted by atomic mass is 16.5. The molecule has 0 amide bonds. The molecular formula is C24H22N2O2. The molecule has 0 spiro atoms. The molecule has 0 aliphatic heterocycles. The summed E-state index contributed by atoms with van der Waals surface area (Å²) < 4.78 is 12.3. The van der Waals surface area contributed by atoms with E-state index in [9.17, 15) is 0 Å². The van der Waals surface area contributed by atoms with Crippen LogP contribution in [0, 0.1) is 0 Å². The average molecular weight is 370 g/mol. The molecule has 140 valence electrons. The van der Waals surface area contributed by atoms with E-state index in [4.69, 9.17) is 20.9 Å². The Bertz CT molecular complexity index is 1020. The van der Waals surface area contributed by atoms with E-state index < -0.39 is 5.60 Å². The van der Waals surface area contributed by atoms with Gasteiger partial charge in [-0.05, 0) is 48.0 Å². The van der Waals surface area contributed by atoms with E-state index in [2.05, 4.69) is 12.2 Å². The smallest absolute Gasteiger partial charge is 0.156 e. The van der Waals surface area contributed by atoms with Crippen molar-refractivity contribution in [2.75, 3.05) is 11.5 Å². The van der Waals surface area contributed by atoms with Gasteiger partial charge >= 0.3 is 0 Å². The molecule has 4 rings (SSSR count). The van der Waals surface area contributed by atoms with Crippen molar-refractivity contribution in [3.63, 3.8) is 0 Å². The third kappa shape index (κ3) is 3.86. The Morgan fingerprint density at radius 3 is 2.04 bits per heavy atom. The lowest BCUT2D eigenvalue weighted by Crippen LogP contribution is -2.31. The van der Waals surface area contributed by atoms with Gasteiger partial charge in [-0.2, -0.15) is 0 Å². The number of benzene rings is 3. The second-order valence-corrected chi connectivity index (χ2v) is 6.75. The fourth-order valence-electron chi connectivity index (χ4n) is 3.26. The first-order chi connectivity index (χ1) is 13.6. The van der Waals surface area contributed by atoms with Crippen molar-refractivity contribution < 1.29 is 9.47 Å². The predicted octanol–water partition coefficient (Wildman–Crippen LogP) is 5.43. The summed E-state index contributed by atoms with van der Waals surface area (Å²) in [5.41, 5.74) is 13.5. The number of hydrogen-bond acceptors (Lipinski definition) is 4. The molecular weight excluding hydrogens is 348 g/mol. The molecule has 0 saturated carbocycles. The third-order valence-electron chi connectivity index (χ3n) is 4.63. The molecule has 4 heteroatoms. The molecule has 0 bridgehead atoms. The number of hydrogen-bond donors (Lipinski definition) is 2. The Morgan fingerprint density at radius 2 is 1.39 bits per heavy atom. The Balaban J connectivity index is 1.60. The molecule has 3 aromatic carbocycles. The van der Waals surface area contributed by atoms with Gasteiger partial charge in [-0.1, -0.05) is 42.5 Å². The lowest BCUT2D eigenvalue weighted by atomic mass is 9.87. The lowest BCUT2D eigenvalue weighted by Gasteiger charge is -2.33. The second kappa shape index (κ2) is 7.53. The molecule has 0 fully saturated rings. The number of nitrogen functional groups attached to an aromatic ring is 2. The maximum Gasteiger partial charge on any atom is 0.156 e. The van der Waals surface area contributed by atoms with Crippen LogP contribution in [0.3, 0.4) is 0 Å². The Labute approximate surface area is 164 Å². The van der Waals surface area contributed by atoms with Gasteiger partial charge in [-0.3, -0.25) is 0 Å². The van der Waals surface area contributed by atoms with Crippen LogP contribution in [0.4, 0.5) is 11.4 Å². The number of anilines is 2. The Kier molecular flexibility index (Phi) is 4.77. The van der Waals surface area contributed by atoms with Gasteiger partial charge in [0.15, 0.2) is 5.60 Å². The average Bonchev–Trinajstić information content (AvgIpc) is 2.69. The van der Waals surface area contributed by atoms with Crippen LogP contribution in [-0.2, 0) is 5.60 Å². The monoisotopic (exact) mass is 370 g/mol. The molecule has 3 aromatic rings. The topological polar surface area (TPSA) is 70.5 Å². The van der Waals surface area contributed by atoms with Gasteiger partial charge in [-0.25, -0.2) is 0 Å². The number of rotatable bonds is 5. The van der Waals surface area contributed by atoms with Gasteiger partial charge in [0.2, 0.25) is 0 Å². The summed E-state index contributed by atoms with van der Waals surface area (Å²) in [6, 6.07) is 22.8. The largest absolute Gasteiger partial charge is 0.478 e. The van der Waals surface area contributed by atoms with Crippen molar-refractivity contribution in [1.29, 1.82) is 0 Å². The van der Waals surface area contributed by atoms with Crippen LogP contribution in [0.1, 0.15) is 12.0 Å². The zero-order valence-corrected chi connectivity index (χ0v) is 15.4. The van der Waals surface area contributed by atoms with E-state index >= 15 is 0 Å². The molecule has 1 aliphatic rings. The molecule has 1 atom stereocenters. The van der Waals surface area contributed by atoms with E-state index in [-0.39, 0.29) is 0 Å². The molecule has 0 radical (unpaired) electrons. The van der Waals surface area contributed by atoms with Crippen LogP contribution in [0.15, 0.2) is 97.1 Å². The quantitative estimate of drug-likeness (QED) is 0.587. The Hall–Kier alpha value is -3.66. The summed E-state index contributed by atoms with van der Waals surface area (Å²) in [7, 11) is 0. The molecule has 0 saturated heterocycles. The van der Waals surface area contributed by atoms with Crippen LogP contribution < -0.4 is 20.9 Å². The van der Waals surface area contributed by atoms with Crippen LogP contribution in [0.25, 0.3) is 0 Å². The van der Waals surface area contributed by atoms with E-state index in [0.29, 0.717) is 17.1 Å². The number of ether oxygens (including phenoxy) is 2. The van der Waals surface area contributed by atoms with Gasteiger partial charge in [0, 0.05) is 29.9 Å². The summed E-state index contributed by atoms with van der Waals surface area (Å²) in [6.45, 7) is 0. The summed E-state index contributed by atoms with van der Waals surface area (Å²) in [6.07, 6.45) is 8.94. The van der Waals surface area contributed by atoms with E-state index in [1.165, 1.54) is 0 Å². The van der Waals surface area contributed by atoms with Gasteiger partial charge in [0.1, 0.15) is 17.2 Å². The Morgan fingerprint density at radius 1 is 0.714 bits per heavy atom. The zero-order valence-electron chi connectivity index (χ0n) is 15.4. The van der Waals surface area contributed by atoms with Crippen molar-refractivity contribution in [1.82, 2.24) is 0 Å². The van der Waals surface area contributed by atoms with Crippen LogP contribution in [0.2, 0.25) is 0 Å². The highest BCUT2D eigenvalue weighted by Crippen LogP contribution is 2.37. The van der Waals surface area contributed by atoms with Crippen LogP contribution in [0.5, 0.6) is 17.2 Å². The number of nitrogens with two attached hydrogens (primary N) is 2. The first-order valence-electron chi connectivity index (χ1n) is 9.16. The van der Waals surface area contributed by atoms with E-state index in [0.717, 1.165) is 23.5 Å². The fraction of sp³-hybridized carbons (Fsp3) is 0.0833. The first kappa shape index (κ1) is 17.7. The minimum absolute atomic E-state index is 0.585. The van der Waals surface area contributed by atoms with Crippen LogP contribution in [-0.4, -0.2) is 0 Å².